The summed E-state index contributed by atoms with van der Waals surface area (Å²) >= 11 is 2.15. The molecule has 3 heteroatoms. The molecule has 2 aliphatic rings. The van der Waals surface area contributed by atoms with Crippen LogP contribution in [0.2, 0.25) is 0 Å². The highest BCUT2D eigenvalue weighted by molar-refractivity contribution is 7.99. The lowest BCUT2D eigenvalue weighted by Crippen LogP contribution is -2.26. The third kappa shape index (κ3) is 3.65. The summed E-state index contributed by atoms with van der Waals surface area (Å²) in [6.07, 6.45) is 7.26. The van der Waals surface area contributed by atoms with Crippen molar-refractivity contribution < 1.29 is 4.74 Å². The van der Waals surface area contributed by atoms with Crippen LogP contribution in [0.4, 0.5) is 0 Å². The number of hydrogen-bond acceptors (Lipinski definition) is 3. The first kappa shape index (κ1) is 11.7. The minimum atomic E-state index is 0.563. The fourth-order valence-corrected chi connectivity index (χ4v) is 4.01. The van der Waals surface area contributed by atoms with Gasteiger partial charge in [0.1, 0.15) is 0 Å². The molecule has 1 aliphatic heterocycles. The molecule has 2 nitrogen and oxygen atoms in total. The molecule has 0 spiro atoms. The molecule has 1 saturated carbocycles. The van der Waals surface area contributed by atoms with Gasteiger partial charge in [0, 0.05) is 23.7 Å². The maximum absolute atomic E-state index is 5.65. The number of rotatable bonds is 5. The molecule has 15 heavy (non-hydrogen) atoms. The zero-order valence-corrected chi connectivity index (χ0v) is 10.5. The Labute approximate surface area is 97.5 Å². The molecule has 2 fully saturated rings. The predicted molar refractivity (Wildman–Crippen MR) is 66.5 cm³/mol. The monoisotopic (exact) mass is 229 g/mol. The van der Waals surface area contributed by atoms with E-state index in [1.54, 1.807) is 0 Å². The second-order valence-electron chi connectivity index (χ2n) is 4.66. The van der Waals surface area contributed by atoms with E-state index < -0.39 is 0 Å². The number of hydrogen-bond donors (Lipinski definition) is 1. The Bertz CT molecular complexity index is 182. The molecule has 1 saturated heterocycles. The minimum Gasteiger partial charge on any atom is -0.377 e. The highest BCUT2D eigenvalue weighted by atomic mass is 32.2. The molecule has 3 unspecified atom stereocenters. The number of thioether (sulfide) groups is 1. The van der Waals surface area contributed by atoms with Crippen molar-refractivity contribution >= 4 is 11.8 Å². The van der Waals surface area contributed by atoms with Crippen molar-refractivity contribution in [3.63, 3.8) is 0 Å². The normalized spacial score (nSPS) is 36.2. The first-order valence-electron chi connectivity index (χ1n) is 6.35. The lowest BCUT2D eigenvalue weighted by Gasteiger charge is -2.14. The Morgan fingerprint density at radius 1 is 1.33 bits per heavy atom. The Kier molecular flexibility index (Phi) is 4.79. The van der Waals surface area contributed by atoms with E-state index in [1.165, 1.54) is 37.9 Å². The summed E-state index contributed by atoms with van der Waals surface area (Å²) in [6.45, 7) is 4.32. The van der Waals surface area contributed by atoms with E-state index in [4.69, 9.17) is 4.74 Å². The van der Waals surface area contributed by atoms with Crippen molar-refractivity contribution in [1.29, 1.82) is 0 Å². The van der Waals surface area contributed by atoms with Crippen LogP contribution in [-0.2, 0) is 4.74 Å². The van der Waals surface area contributed by atoms with Gasteiger partial charge in [0.15, 0.2) is 0 Å². The summed E-state index contributed by atoms with van der Waals surface area (Å²) < 4.78 is 5.65. The van der Waals surface area contributed by atoms with Crippen molar-refractivity contribution in [2.24, 2.45) is 0 Å². The molecule has 1 N–H and O–H groups in total. The highest BCUT2D eigenvalue weighted by Crippen LogP contribution is 2.31. The van der Waals surface area contributed by atoms with Gasteiger partial charge in [0.05, 0.1) is 6.10 Å². The lowest BCUT2D eigenvalue weighted by atomic mass is 10.2. The zero-order chi connectivity index (χ0) is 10.5. The largest absolute Gasteiger partial charge is 0.377 e. The third-order valence-electron chi connectivity index (χ3n) is 3.42. The van der Waals surface area contributed by atoms with Gasteiger partial charge in [0.25, 0.3) is 0 Å². The average Bonchev–Trinajstić information content (AvgIpc) is 2.85. The van der Waals surface area contributed by atoms with E-state index in [0.29, 0.717) is 6.10 Å². The van der Waals surface area contributed by atoms with Crippen LogP contribution >= 0.6 is 11.8 Å². The Hall–Kier alpha value is 0.270. The van der Waals surface area contributed by atoms with Crippen LogP contribution in [0, 0.1) is 0 Å². The fraction of sp³-hybridized carbons (Fsp3) is 1.00. The maximum atomic E-state index is 5.65. The van der Waals surface area contributed by atoms with Gasteiger partial charge < -0.3 is 10.1 Å². The standard InChI is InChI=1S/C12H23NOS/c1-2-13-10-5-6-12(8-10)15-9-11-4-3-7-14-11/h10-13H,2-9H2,1H3. The van der Waals surface area contributed by atoms with Gasteiger partial charge >= 0.3 is 0 Å². The molecule has 1 heterocycles. The molecule has 0 aromatic carbocycles. The predicted octanol–water partition coefficient (Wildman–Crippen LogP) is 2.43. The van der Waals surface area contributed by atoms with Crippen molar-refractivity contribution in [2.45, 2.75) is 56.4 Å². The summed E-state index contributed by atoms with van der Waals surface area (Å²) in [5, 5.41) is 4.45. The van der Waals surface area contributed by atoms with Gasteiger partial charge in [-0.15, -0.1) is 0 Å². The van der Waals surface area contributed by atoms with Crippen LogP contribution in [-0.4, -0.2) is 36.3 Å². The van der Waals surface area contributed by atoms with Crippen LogP contribution in [0.25, 0.3) is 0 Å². The topological polar surface area (TPSA) is 21.3 Å². The molecule has 0 aromatic rings. The summed E-state index contributed by atoms with van der Waals surface area (Å²) in [5.41, 5.74) is 0. The first-order valence-corrected chi connectivity index (χ1v) is 7.40. The molecule has 88 valence electrons. The van der Waals surface area contributed by atoms with Gasteiger partial charge in [-0.2, -0.15) is 11.8 Å². The number of nitrogens with one attached hydrogen (secondary N) is 1. The molecule has 0 aromatic heterocycles. The Morgan fingerprint density at radius 3 is 3.00 bits per heavy atom. The molecule has 0 amide bonds. The first-order chi connectivity index (χ1) is 7.38. The van der Waals surface area contributed by atoms with E-state index >= 15 is 0 Å². The zero-order valence-electron chi connectivity index (χ0n) is 9.71. The van der Waals surface area contributed by atoms with Crippen LogP contribution in [0.5, 0.6) is 0 Å². The van der Waals surface area contributed by atoms with Gasteiger partial charge in [-0.05, 0) is 38.6 Å². The summed E-state index contributed by atoms with van der Waals surface area (Å²) in [4.78, 5) is 0. The fourth-order valence-electron chi connectivity index (χ4n) is 2.58. The lowest BCUT2D eigenvalue weighted by molar-refractivity contribution is 0.129. The van der Waals surface area contributed by atoms with Crippen molar-refractivity contribution in [2.75, 3.05) is 18.9 Å². The third-order valence-corrected chi connectivity index (χ3v) is 4.88. The van der Waals surface area contributed by atoms with Crippen LogP contribution < -0.4 is 5.32 Å². The summed E-state index contributed by atoms with van der Waals surface area (Å²) in [5.74, 6) is 1.23. The van der Waals surface area contributed by atoms with Gasteiger partial charge in [0.2, 0.25) is 0 Å². The number of ether oxygens (including phenoxy) is 1. The van der Waals surface area contributed by atoms with Crippen LogP contribution in [0.15, 0.2) is 0 Å². The Morgan fingerprint density at radius 2 is 2.27 bits per heavy atom. The van der Waals surface area contributed by atoms with Crippen molar-refractivity contribution in [3.05, 3.63) is 0 Å². The Balaban J connectivity index is 1.59. The summed E-state index contributed by atoms with van der Waals surface area (Å²) in [7, 11) is 0. The minimum absolute atomic E-state index is 0.563. The SMILES string of the molecule is CCNC1CCC(SCC2CCCO2)C1. The van der Waals surface area contributed by atoms with Crippen molar-refractivity contribution in [1.82, 2.24) is 5.32 Å². The van der Waals surface area contributed by atoms with Crippen LogP contribution in [0.1, 0.15) is 39.0 Å². The van der Waals surface area contributed by atoms with E-state index in [2.05, 4.69) is 24.0 Å². The molecule has 1 aliphatic carbocycles. The van der Waals surface area contributed by atoms with E-state index in [0.717, 1.165) is 24.4 Å². The maximum Gasteiger partial charge on any atom is 0.0666 e. The van der Waals surface area contributed by atoms with Crippen molar-refractivity contribution in [3.8, 4) is 0 Å². The summed E-state index contributed by atoms with van der Waals surface area (Å²) in [6, 6.07) is 0.789. The molecular weight excluding hydrogens is 206 g/mol. The smallest absolute Gasteiger partial charge is 0.0666 e. The molecule has 0 radical (unpaired) electrons. The van der Waals surface area contributed by atoms with E-state index in [9.17, 15) is 0 Å². The van der Waals surface area contributed by atoms with Gasteiger partial charge in [-0.25, -0.2) is 0 Å². The van der Waals surface area contributed by atoms with E-state index in [1.807, 2.05) is 0 Å². The molecule has 0 bridgehead atoms. The van der Waals surface area contributed by atoms with E-state index in [-0.39, 0.29) is 0 Å². The second-order valence-corrected chi connectivity index (χ2v) is 5.99. The molecule has 2 rings (SSSR count). The van der Waals surface area contributed by atoms with Gasteiger partial charge in [-0.3, -0.25) is 0 Å². The molecular formula is C12H23NOS. The van der Waals surface area contributed by atoms with Gasteiger partial charge in [-0.1, -0.05) is 6.92 Å². The quantitative estimate of drug-likeness (QED) is 0.782. The van der Waals surface area contributed by atoms with Crippen LogP contribution in [0.3, 0.4) is 0 Å². The average molecular weight is 229 g/mol. The molecule has 3 atom stereocenters. The highest BCUT2D eigenvalue weighted by Gasteiger charge is 2.25. The second kappa shape index (κ2) is 6.12.